The molecule has 8 heteroatoms. The number of hydrogen-bond donors (Lipinski definition) is 2. The molecule has 146 valence electrons. The summed E-state index contributed by atoms with van der Waals surface area (Å²) >= 11 is 1.38. The molecule has 2 aromatic rings. The molecule has 0 fully saturated rings. The van der Waals surface area contributed by atoms with Gasteiger partial charge in [0.25, 0.3) is 5.91 Å². The van der Waals surface area contributed by atoms with Crippen molar-refractivity contribution in [3.63, 3.8) is 0 Å². The normalized spacial score (nSPS) is 11.0. The van der Waals surface area contributed by atoms with Crippen LogP contribution in [0.3, 0.4) is 0 Å². The molecular weight excluding hydrogens is 366 g/mol. The van der Waals surface area contributed by atoms with Crippen molar-refractivity contribution in [3.05, 3.63) is 35.5 Å². The van der Waals surface area contributed by atoms with Gasteiger partial charge in [0, 0.05) is 18.7 Å². The lowest BCUT2D eigenvalue weighted by atomic mass is 10.1. The fourth-order valence-corrected chi connectivity index (χ4v) is 3.09. The van der Waals surface area contributed by atoms with Gasteiger partial charge in [-0.2, -0.15) is 0 Å². The number of hydrogen-bond acceptors (Lipinski definition) is 6. The lowest BCUT2D eigenvalue weighted by Gasteiger charge is -2.19. The van der Waals surface area contributed by atoms with Crippen molar-refractivity contribution >= 4 is 23.3 Å². The third kappa shape index (κ3) is 6.25. The highest BCUT2D eigenvalue weighted by Gasteiger charge is 2.19. The van der Waals surface area contributed by atoms with E-state index in [9.17, 15) is 9.59 Å². The molecule has 1 aromatic heterocycles. The van der Waals surface area contributed by atoms with Crippen molar-refractivity contribution in [2.45, 2.75) is 33.3 Å². The summed E-state index contributed by atoms with van der Waals surface area (Å²) < 4.78 is 10.8. The van der Waals surface area contributed by atoms with Gasteiger partial charge < -0.3 is 20.1 Å². The molecule has 0 unspecified atom stereocenters. The van der Waals surface area contributed by atoms with E-state index in [-0.39, 0.29) is 19.0 Å². The number of nitrogens with zero attached hydrogens (tertiary/aromatic N) is 1. The van der Waals surface area contributed by atoms with Crippen LogP contribution in [-0.4, -0.2) is 42.3 Å². The standard InChI is InChI=1S/C19H25N3O4S/c1-5-25-14-9-7-6-8-13(14)16-15(22-12-27-16)17(23)20-10-11-21-18(24)26-19(2,3)4/h6-9,12H,5,10-11H2,1-4H3,(H,20,23)(H,21,24). The maximum atomic E-state index is 12.5. The van der Waals surface area contributed by atoms with Crippen LogP contribution < -0.4 is 15.4 Å². The number of alkyl carbamates (subject to hydrolysis) is 1. The highest BCUT2D eigenvalue weighted by atomic mass is 32.1. The van der Waals surface area contributed by atoms with Gasteiger partial charge in [0.1, 0.15) is 17.0 Å². The second-order valence-corrected chi connectivity index (χ2v) is 7.50. The Kier molecular flexibility index (Phi) is 7.18. The van der Waals surface area contributed by atoms with Gasteiger partial charge in [-0.3, -0.25) is 4.79 Å². The molecule has 0 radical (unpaired) electrons. The number of benzene rings is 1. The Balaban J connectivity index is 1.96. The second-order valence-electron chi connectivity index (χ2n) is 6.64. The molecule has 0 saturated carbocycles. The molecule has 27 heavy (non-hydrogen) atoms. The fourth-order valence-electron chi connectivity index (χ4n) is 2.27. The maximum absolute atomic E-state index is 12.5. The average molecular weight is 391 g/mol. The second kappa shape index (κ2) is 9.36. The molecule has 1 heterocycles. The zero-order valence-electron chi connectivity index (χ0n) is 16.0. The van der Waals surface area contributed by atoms with Gasteiger partial charge in [-0.15, -0.1) is 11.3 Å². The minimum atomic E-state index is -0.559. The van der Waals surface area contributed by atoms with Gasteiger partial charge in [0.15, 0.2) is 0 Å². The Hall–Kier alpha value is -2.61. The van der Waals surface area contributed by atoms with Gasteiger partial charge >= 0.3 is 6.09 Å². The summed E-state index contributed by atoms with van der Waals surface area (Å²) in [4.78, 5) is 29.0. The third-order valence-electron chi connectivity index (χ3n) is 3.29. The predicted octanol–water partition coefficient (Wildman–Crippen LogP) is 3.46. The van der Waals surface area contributed by atoms with E-state index < -0.39 is 11.7 Å². The summed E-state index contributed by atoms with van der Waals surface area (Å²) in [5.74, 6) is 0.411. The average Bonchev–Trinajstić information content (AvgIpc) is 3.07. The molecule has 7 nitrogen and oxygen atoms in total. The minimum Gasteiger partial charge on any atom is -0.493 e. The van der Waals surface area contributed by atoms with Gasteiger partial charge in [0.2, 0.25) is 0 Å². The molecule has 2 N–H and O–H groups in total. The number of rotatable bonds is 7. The molecule has 0 bridgehead atoms. The minimum absolute atomic E-state index is 0.260. The molecule has 0 aliphatic heterocycles. The maximum Gasteiger partial charge on any atom is 0.407 e. The van der Waals surface area contributed by atoms with E-state index in [0.717, 1.165) is 10.4 Å². The highest BCUT2D eigenvalue weighted by molar-refractivity contribution is 7.13. The number of ether oxygens (including phenoxy) is 2. The molecule has 2 rings (SSSR count). The summed E-state index contributed by atoms with van der Waals surface area (Å²) in [6.45, 7) is 8.34. The summed E-state index contributed by atoms with van der Waals surface area (Å²) in [5.41, 5.74) is 2.24. The summed E-state index contributed by atoms with van der Waals surface area (Å²) in [6.07, 6.45) is -0.517. The Morgan fingerprint density at radius 3 is 2.56 bits per heavy atom. The SMILES string of the molecule is CCOc1ccccc1-c1scnc1C(=O)NCCNC(=O)OC(C)(C)C. The van der Waals surface area contributed by atoms with Gasteiger partial charge in [-0.1, -0.05) is 12.1 Å². The zero-order chi connectivity index (χ0) is 19.9. The Morgan fingerprint density at radius 1 is 1.15 bits per heavy atom. The molecule has 1 aromatic carbocycles. The van der Waals surface area contributed by atoms with E-state index >= 15 is 0 Å². The van der Waals surface area contributed by atoms with Crippen molar-refractivity contribution in [2.24, 2.45) is 0 Å². The lowest BCUT2D eigenvalue weighted by Crippen LogP contribution is -2.38. The van der Waals surface area contributed by atoms with Crippen LogP contribution in [0.15, 0.2) is 29.8 Å². The topological polar surface area (TPSA) is 89.5 Å². The Labute approximate surface area is 163 Å². The van der Waals surface area contributed by atoms with E-state index in [1.165, 1.54) is 11.3 Å². The first-order valence-electron chi connectivity index (χ1n) is 8.72. The number of nitrogens with one attached hydrogen (secondary N) is 2. The molecule has 0 atom stereocenters. The van der Waals surface area contributed by atoms with Crippen molar-refractivity contribution in [1.29, 1.82) is 0 Å². The van der Waals surface area contributed by atoms with E-state index in [1.807, 2.05) is 31.2 Å². The predicted molar refractivity (Wildman–Crippen MR) is 105 cm³/mol. The molecule has 0 saturated heterocycles. The van der Waals surface area contributed by atoms with Gasteiger partial charge in [0.05, 0.1) is 17.0 Å². The quantitative estimate of drug-likeness (QED) is 0.706. The number of thiazole rings is 1. The van der Waals surface area contributed by atoms with E-state index in [4.69, 9.17) is 9.47 Å². The largest absolute Gasteiger partial charge is 0.493 e. The highest BCUT2D eigenvalue weighted by Crippen LogP contribution is 2.35. The number of amides is 2. The van der Waals surface area contributed by atoms with Crippen LogP contribution in [0.4, 0.5) is 4.79 Å². The number of carbonyl (C=O) groups excluding carboxylic acids is 2. The van der Waals surface area contributed by atoms with Crippen molar-refractivity contribution < 1.29 is 19.1 Å². The Morgan fingerprint density at radius 2 is 1.85 bits per heavy atom. The summed E-state index contributed by atoms with van der Waals surface area (Å²) in [5, 5.41) is 5.36. The first-order valence-corrected chi connectivity index (χ1v) is 9.60. The van der Waals surface area contributed by atoms with Crippen LogP contribution in [0.5, 0.6) is 5.75 Å². The number of para-hydroxylation sites is 1. The van der Waals surface area contributed by atoms with Crippen molar-refractivity contribution in [3.8, 4) is 16.2 Å². The van der Waals surface area contributed by atoms with Crippen molar-refractivity contribution in [2.75, 3.05) is 19.7 Å². The van der Waals surface area contributed by atoms with Crippen LogP contribution in [-0.2, 0) is 4.74 Å². The molecule has 0 aliphatic rings. The zero-order valence-corrected chi connectivity index (χ0v) is 16.8. The third-order valence-corrected chi connectivity index (χ3v) is 4.15. The van der Waals surface area contributed by atoms with Gasteiger partial charge in [-0.05, 0) is 39.8 Å². The number of aromatic nitrogens is 1. The monoisotopic (exact) mass is 391 g/mol. The van der Waals surface area contributed by atoms with Crippen LogP contribution in [0.25, 0.3) is 10.4 Å². The first kappa shape index (κ1) is 20.7. The van der Waals surface area contributed by atoms with Crippen LogP contribution in [0, 0.1) is 0 Å². The van der Waals surface area contributed by atoms with Crippen LogP contribution in [0.2, 0.25) is 0 Å². The Bertz CT molecular complexity index is 783. The number of carbonyl (C=O) groups is 2. The lowest BCUT2D eigenvalue weighted by molar-refractivity contribution is 0.0526. The fraction of sp³-hybridized carbons (Fsp3) is 0.421. The smallest absolute Gasteiger partial charge is 0.407 e. The molecule has 0 aliphatic carbocycles. The van der Waals surface area contributed by atoms with Crippen LogP contribution >= 0.6 is 11.3 Å². The van der Waals surface area contributed by atoms with Crippen LogP contribution in [0.1, 0.15) is 38.2 Å². The molecular formula is C19H25N3O4S. The molecule has 2 amide bonds. The summed E-state index contributed by atoms with van der Waals surface area (Å²) in [7, 11) is 0. The van der Waals surface area contributed by atoms with Gasteiger partial charge in [-0.25, -0.2) is 9.78 Å². The van der Waals surface area contributed by atoms with E-state index in [0.29, 0.717) is 18.1 Å². The summed E-state index contributed by atoms with van der Waals surface area (Å²) in [6, 6.07) is 7.55. The van der Waals surface area contributed by atoms with E-state index in [1.54, 1.807) is 26.3 Å². The van der Waals surface area contributed by atoms with E-state index in [2.05, 4.69) is 15.6 Å². The van der Waals surface area contributed by atoms with Crippen molar-refractivity contribution in [1.82, 2.24) is 15.6 Å². The molecule has 0 spiro atoms. The first-order chi connectivity index (χ1) is 12.8.